The van der Waals surface area contributed by atoms with Crippen molar-refractivity contribution in [3.63, 3.8) is 0 Å². The molecule has 2 heterocycles. The third-order valence-corrected chi connectivity index (χ3v) is 4.13. The topological polar surface area (TPSA) is 56.9 Å². The molecule has 1 aliphatic rings. The van der Waals surface area contributed by atoms with Gasteiger partial charge in [-0.1, -0.05) is 11.6 Å². The van der Waals surface area contributed by atoms with Crippen molar-refractivity contribution in [3.05, 3.63) is 34.5 Å². The molecule has 1 aliphatic heterocycles. The number of hydrogen-bond donors (Lipinski definition) is 3. The zero-order valence-electron chi connectivity index (χ0n) is 12.3. The Bertz CT molecular complexity index is 666. The smallest absolute Gasteiger partial charge is 0.268 e. The van der Waals surface area contributed by atoms with Crippen molar-refractivity contribution in [1.29, 1.82) is 0 Å². The van der Waals surface area contributed by atoms with E-state index in [0.717, 1.165) is 36.0 Å². The Morgan fingerprint density at radius 3 is 2.80 bits per heavy atom. The number of H-pyrrole nitrogens is 1. The molecule has 1 saturated heterocycles. The number of nitrogens with one attached hydrogen (secondary N) is 3. The Kier molecular flexibility index (Phi) is 3.26. The van der Waals surface area contributed by atoms with Gasteiger partial charge in [0.05, 0.1) is 0 Å². The molecule has 1 atom stereocenters. The summed E-state index contributed by atoms with van der Waals surface area (Å²) in [5.74, 6) is 0.00412. The number of fused-ring (bicyclic) bond motifs is 1. The van der Waals surface area contributed by atoms with E-state index < -0.39 is 0 Å². The average Bonchev–Trinajstić information content (AvgIpc) is 2.99. The number of carbonyl (C=O) groups is 1. The maximum absolute atomic E-state index is 12.4. The lowest BCUT2D eigenvalue weighted by molar-refractivity contribution is 0.0935. The first-order chi connectivity index (χ1) is 9.56. The molecule has 2 aromatic rings. The Labute approximate surface area is 118 Å². The molecular weight excluding hydrogens is 250 g/mol. The number of aromatic amines is 1. The van der Waals surface area contributed by atoms with Gasteiger partial charge in [0.1, 0.15) is 5.69 Å². The monoisotopic (exact) mass is 271 g/mol. The molecule has 1 amide bonds. The highest BCUT2D eigenvalue weighted by atomic mass is 16.2. The molecule has 4 heteroatoms. The minimum atomic E-state index is 0.00412. The van der Waals surface area contributed by atoms with Crippen LogP contribution in [0.5, 0.6) is 0 Å². The van der Waals surface area contributed by atoms with Crippen molar-refractivity contribution in [2.45, 2.75) is 33.2 Å². The van der Waals surface area contributed by atoms with E-state index in [1.54, 1.807) is 0 Å². The van der Waals surface area contributed by atoms with Gasteiger partial charge in [-0.15, -0.1) is 0 Å². The molecule has 20 heavy (non-hydrogen) atoms. The number of aryl methyl sites for hydroxylation is 3. The second kappa shape index (κ2) is 4.94. The third-order valence-electron chi connectivity index (χ3n) is 4.13. The predicted octanol–water partition coefficient (Wildman–Crippen LogP) is 2.18. The summed E-state index contributed by atoms with van der Waals surface area (Å²) >= 11 is 0. The quantitative estimate of drug-likeness (QED) is 0.784. The molecule has 0 unspecified atom stereocenters. The van der Waals surface area contributed by atoms with E-state index in [1.807, 2.05) is 6.92 Å². The van der Waals surface area contributed by atoms with E-state index in [9.17, 15) is 4.79 Å². The molecule has 1 aromatic heterocycles. The van der Waals surface area contributed by atoms with Crippen LogP contribution in [0.25, 0.3) is 10.9 Å². The normalized spacial score (nSPS) is 18.6. The fourth-order valence-electron chi connectivity index (χ4n) is 3.05. The molecule has 0 bridgehead atoms. The number of aromatic nitrogens is 1. The summed E-state index contributed by atoms with van der Waals surface area (Å²) in [6, 6.07) is 4.53. The molecule has 4 nitrogen and oxygen atoms in total. The zero-order chi connectivity index (χ0) is 14.3. The van der Waals surface area contributed by atoms with Gasteiger partial charge in [-0.25, -0.2) is 0 Å². The lowest BCUT2D eigenvalue weighted by Gasteiger charge is -2.10. The van der Waals surface area contributed by atoms with Gasteiger partial charge in [0.15, 0.2) is 0 Å². The van der Waals surface area contributed by atoms with E-state index in [-0.39, 0.29) is 11.9 Å². The number of hydrogen-bond acceptors (Lipinski definition) is 2. The Morgan fingerprint density at radius 1 is 1.30 bits per heavy atom. The fourth-order valence-corrected chi connectivity index (χ4v) is 3.05. The molecule has 1 fully saturated rings. The van der Waals surface area contributed by atoms with Gasteiger partial charge in [-0.05, 0) is 50.9 Å². The summed E-state index contributed by atoms with van der Waals surface area (Å²) in [5, 5.41) is 7.51. The van der Waals surface area contributed by atoms with Crippen LogP contribution in [0.4, 0.5) is 0 Å². The van der Waals surface area contributed by atoms with Crippen LogP contribution in [0.3, 0.4) is 0 Å². The lowest BCUT2D eigenvalue weighted by Crippen LogP contribution is -2.36. The van der Waals surface area contributed by atoms with E-state index in [4.69, 9.17) is 0 Å². The predicted molar refractivity (Wildman–Crippen MR) is 81.3 cm³/mol. The molecule has 3 N–H and O–H groups in total. The Balaban J connectivity index is 1.97. The SMILES string of the molecule is Cc1cc(C)c2[nH]c(C(=O)N[C@H]3CCNC3)c(C)c2c1. The average molecular weight is 271 g/mol. The zero-order valence-corrected chi connectivity index (χ0v) is 12.3. The summed E-state index contributed by atoms with van der Waals surface area (Å²) in [6.45, 7) is 8.02. The first-order valence-electron chi connectivity index (χ1n) is 7.17. The van der Waals surface area contributed by atoms with Crippen molar-refractivity contribution in [3.8, 4) is 0 Å². The number of amides is 1. The van der Waals surface area contributed by atoms with E-state index >= 15 is 0 Å². The minimum Gasteiger partial charge on any atom is -0.350 e. The van der Waals surface area contributed by atoms with Gasteiger partial charge in [0.2, 0.25) is 0 Å². The van der Waals surface area contributed by atoms with Gasteiger partial charge in [-0.2, -0.15) is 0 Å². The highest BCUT2D eigenvalue weighted by molar-refractivity contribution is 6.01. The largest absolute Gasteiger partial charge is 0.350 e. The lowest BCUT2D eigenvalue weighted by atomic mass is 10.1. The van der Waals surface area contributed by atoms with Crippen LogP contribution < -0.4 is 10.6 Å². The highest BCUT2D eigenvalue weighted by Gasteiger charge is 2.21. The van der Waals surface area contributed by atoms with Gasteiger partial charge in [0, 0.05) is 23.5 Å². The number of carbonyl (C=O) groups excluding carboxylic acids is 1. The van der Waals surface area contributed by atoms with Crippen LogP contribution in [-0.4, -0.2) is 30.0 Å². The number of benzene rings is 1. The molecule has 0 radical (unpaired) electrons. The number of rotatable bonds is 2. The molecular formula is C16H21N3O. The summed E-state index contributed by atoms with van der Waals surface area (Å²) in [5.41, 5.74) is 5.22. The second-order valence-corrected chi connectivity index (χ2v) is 5.79. The summed E-state index contributed by atoms with van der Waals surface area (Å²) in [6.07, 6.45) is 1.00. The first-order valence-corrected chi connectivity index (χ1v) is 7.17. The fraction of sp³-hybridized carbons (Fsp3) is 0.438. The Hall–Kier alpha value is -1.81. The second-order valence-electron chi connectivity index (χ2n) is 5.79. The van der Waals surface area contributed by atoms with Gasteiger partial charge >= 0.3 is 0 Å². The van der Waals surface area contributed by atoms with Crippen LogP contribution in [0.15, 0.2) is 12.1 Å². The van der Waals surface area contributed by atoms with Crippen molar-refractivity contribution < 1.29 is 4.79 Å². The maximum atomic E-state index is 12.4. The van der Waals surface area contributed by atoms with Crippen LogP contribution in [-0.2, 0) is 0 Å². The van der Waals surface area contributed by atoms with Crippen molar-refractivity contribution >= 4 is 16.8 Å². The van der Waals surface area contributed by atoms with Crippen molar-refractivity contribution in [2.75, 3.05) is 13.1 Å². The van der Waals surface area contributed by atoms with Crippen LogP contribution >= 0.6 is 0 Å². The highest BCUT2D eigenvalue weighted by Crippen LogP contribution is 2.26. The van der Waals surface area contributed by atoms with E-state index in [1.165, 1.54) is 11.1 Å². The molecule has 1 aromatic carbocycles. The summed E-state index contributed by atoms with van der Waals surface area (Å²) < 4.78 is 0. The molecule has 0 saturated carbocycles. The minimum absolute atomic E-state index is 0.00412. The molecule has 106 valence electrons. The molecule has 0 aliphatic carbocycles. The van der Waals surface area contributed by atoms with Crippen LogP contribution in [0.2, 0.25) is 0 Å². The molecule has 0 spiro atoms. The third kappa shape index (κ3) is 2.20. The van der Waals surface area contributed by atoms with E-state index in [2.05, 4.69) is 41.6 Å². The van der Waals surface area contributed by atoms with Gasteiger partial charge in [-0.3, -0.25) is 4.79 Å². The first kappa shape index (κ1) is 13.2. The van der Waals surface area contributed by atoms with Crippen LogP contribution in [0, 0.1) is 20.8 Å². The van der Waals surface area contributed by atoms with Gasteiger partial charge in [0.25, 0.3) is 5.91 Å². The van der Waals surface area contributed by atoms with Crippen molar-refractivity contribution in [1.82, 2.24) is 15.6 Å². The summed E-state index contributed by atoms with van der Waals surface area (Å²) in [7, 11) is 0. The maximum Gasteiger partial charge on any atom is 0.268 e. The molecule has 3 rings (SSSR count). The Morgan fingerprint density at radius 2 is 2.10 bits per heavy atom. The summed E-state index contributed by atoms with van der Waals surface area (Å²) in [4.78, 5) is 15.7. The van der Waals surface area contributed by atoms with Gasteiger partial charge < -0.3 is 15.6 Å². The van der Waals surface area contributed by atoms with Crippen LogP contribution in [0.1, 0.15) is 33.6 Å². The standard InChI is InChI=1S/C16H21N3O/c1-9-6-10(2)14-13(7-9)11(3)15(19-14)16(20)18-12-4-5-17-8-12/h6-7,12,17,19H,4-5,8H2,1-3H3,(H,18,20)/t12-/m0/s1. The van der Waals surface area contributed by atoms with Crippen molar-refractivity contribution in [2.24, 2.45) is 0 Å². The van der Waals surface area contributed by atoms with E-state index in [0.29, 0.717) is 5.69 Å².